The van der Waals surface area contributed by atoms with Crippen molar-refractivity contribution in [3.8, 4) is 33.8 Å². The van der Waals surface area contributed by atoms with Crippen LogP contribution in [0, 0.1) is 13.8 Å². The van der Waals surface area contributed by atoms with E-state index in [9.17, 15) is 14.7 Å². The van der Waals surface area contributed by atoms with Crippen LogP contribution in [0.1, 0.15) is 44.1 Å². The molecule has 8 nitrogen and oxygen atoms in total. The molecule has 0 atom stereocenters. The monoisotopic (exact) mass is 547 g/mol. The number of hydrogen-bond donors (Lipinski definition) is 1. The van der Waals surface area contributed by atoms with Crippen LogP contribution in [0.25, 0.3) is 28.1 Å². The van der Waals surface area contributed by atoms with Gasteiger partial charge < -0.3 is 19.1 Å². The number of piperidine rings is 1. The molecule has 0 aliphatic carbocycles. The molecule has 1 saturated heterocycles. The van der Waals surface area contributed by atoms with Gasteiger partial charge in [0.1, 0.15) is 11.4 Å². The van der Waals surface area contributed by atoms with Gasteiger partial charge in [-0.1, -0.05) is 17.7 Å². The largest absolute Gasteiger partial charge is 0.505 e. The van der Waals surface area contributed by atoms with Crippen LogP contribution >= 0.6 is 11.6 Å². The lowest BCUT2D eigenvalue weighted by Crippen LogP contribution is -2.41. The fraction of sp³-hybridized carbons (Fsp3) is 0.367. The Morgan fingerprint density at radius 3 is 2.33 bits per heavy atom. The summed E-state index contributed by atoms with van der Waals surface area (Å²) in [6, 6.07) is 11.1. The molecule has 0 amide bonds. The lowest BCUT2D eigenvalue weighted by Gasteiger charge is -2.36. The Morgan fingerprint density at radius 1 is 1.00 bits per heavy atom. The van der Waals surface area contributed by atoms with E-state index in [1.165, 1.54) is 9.13 Å². The first-order valence-electron chi connectivity index (χ1n) is 13.3. The molecule has 0 saturated carbocycles. The molecule has 1 aliphatic rings. The molecule has 1 aliphatic heterocycles. The SMILES string of the molecule is Cc1cc(-c2ccc(-n3ccn(C)c3=O)c(Cl)c2)c(O)c(-c2ccc(=O)n(C3CCN(C(C)C)CC3)c2C)n1. The van der Waals surface area contributed by atoms with Gasteiger partial charge in [-0.3, -0.25) is 9.36 Å². The molecule has 0 unspecified atom stereocenters. The fourth-order valence-corrected chi connectivity index (χ4v) is 5.88. The number of aryl methyl sites for hydroxylation is 2. The standard InChI is InChI=1S/C30H34ClN5O3/c1-18(2)34-12-10-22(11-13-34)36-20(4)23(7-9-27(36)37)28-29(38)24(16-19(3)32-28)21-6-8-26(25(31)17-21)35-15-14-33(5)30(35)39/h6-9,14-18,22,38H,10-13H2,1-5H3. The molecule has 0 bridgehead atoms. The van der Waals surface area contributed by atoms with Crippen LogP contribution in [0.4, 0.5) is 0 Å². The molecular formula is C30H34ClN5O3. The number of aromatic nitrogens is 4. The van der Waals surface area contributed by atoms with Gasteiger partial charge in [-0.25, -0.2) is 9.78 Å². The van der Waals surface area contributed by atoms with E-state index in [1.807, 2.05) is 30.5 Å². The van der Waals surface area contributed by atoms with Crippen LogP contribution < -0.4 is 11.2 Å². The number of likely N-dealkylation sites (tertiary alicyclic amines) is 1. The summed E-state index contributed by atoms with van der Waals surface area (Å²) < 4.78 is 4.83. The van der Waals surface area contributed by atoms with Crippen LogP contribution in [0.2, 0.25) is 5.02 Å². The molecule has 4 heterocycles. The van der Waals surface area contributed by atoms with Gasteiger partial charge in [0.25, 0.3) is 5.56 Å². The van der Waals surface area contributed by atoms with E-state index in [4.69, 9.17) is 11.6 Å². The molecule has 1 fully saturated rings. The van der Waals surface area contributed by atoms with Crippen molar-refractivity contribution in [3.63, 3.8) is 0 Å². The van der Waals surface area contributed by atoms with E-state index in [0.29, 0.717) is 33.6 Å². The molecule has 0 radical (unpaired) electrons. The van der Waals surface area contributed by atoms with Crippen LogP contribution in [0.3, 0.4) is 0 Å². The maximum atomic E-state index is 13.0. The summed E-state index contributed by atoms with van der Waals surface area (Å²) in [5.41, 5.74) is 4.26. The zero-order valence-corrected chi connectivity index (χ0v) is 23.7. The summed E-state index contributed by atoms with van der Waals surface area (Å²) in [5.74, 6) is 0.0178. The van der Waals surface area contributed by atoms with Crippen molar-refractivity contribution in [1.29, 1.82) is 0 Å². The number of nitrogens with zero attached hydrogens (tertiary/aromatic N) is 5. The Hall–Kier alpha value is -3.62. The molecule has 5 rings (SSSR count). The highest BCUT2D eigenvalue weighted by atomic mass is 35.5. The summed E-state index contributed by atoms with van der Waals surface area (Å²) in [6.07, 6.45) is 5.14. The molecule has 1 N–H and O–H groups in total. The van der Waals surface area contributed by atoms with Crippen LogP contribution in [-0.2, 0) is 7.05 Å². The lowest BCUT2D eigenvalue weighted by molar-refractivity contribution is 0.150. The average Bonchev–Trinajstić information content (AvgIpc) is 3.23. The zero-order valence-electron chi connectivity index (χ0n) is 23.0. The van der Waals surface area contributed by atoms with Gasteiger partial charge in [0.2, 0.25) is 0 Å². The maximum absolute atomic E-state index is 13.0. The van der Waals surface area contributed by atoms with Gasteiger partial charge in [0.05, 0.1) is 10.7 Å². The Kier molecular flexibility index (Phi) is 7.27. The third-order valence-corrected chi connectivity index (χ3v) is 8.12. The summed E-state index contributed by atoms with van der Waals surface area (Å²) in [6.45, 7) is 10.1. The fourth-order valence-electron chi connectivity index (χ4n) is 5.61. The predicted octanol–water partition coefficient (Wildman–Crippen LogP) is 5.09. The Labute approximate surface area is 232 Å². The van der Waals surface area contributed by atoms with E-state index in [-0.39, 0.29) is 23.0 Å². The summed E-state index contributed by atoms with van der Waals surface area (Å²) in [7, 11) is 1.68. The molecule has 39 heavy (non-hydrogen) atoms. The van der Waals surface area contributed by atoms with Gasteiger partial charge in [-0.2, -0.15) is 0 Å². The Balaban J connectivity index is 1.55. The third kappa shape index (κ3) is 4.94. The van der Waals surface area contributed by atoms with Gasteiger partial charge in [-0.05, 0) is 70.4 Å². The molecular weight excluding hydrogens is 514 g/mol. The number of hydrogen-bond acceptors (Lipinski definition) is 5. The topological polar surface area (TPSA) is 85.3 Å². The summed E-state index contributed by atoms with van der Waals surface area (Å²) in [5, 5.41) is 11.9. The zero-order chi connectivity index (χ0) is 28.0. The minimum Gasteiger partial charge on any atom is -0.505 e. The Bertz CT molecular complexity index is 1660. The second kappa shape index (κ2) is 10.5. The van der Waals surface area contributed by atoms with Gasteiger partial charge in [0.15, 0.2) is 0 Å². The first-order valence-corrected chi connectivity index (χ1v) is 13.7. The quantitative estimate of drug-likeness (QED) is 0.376. The normalized spacial score (nSPS) is 14.8. The number of halogens is 1. The first-order chi connectivity index (χ1) is 18.6. The van der Waals surface area contributed by atoms with Crippen LogP contribution in [0.5, 0.6) is 5.75 Å². The molecule has 204 valence electrons. The van der Waals surface area contributed by atoms with Crippen LogP contribution in [-0.4, -0.2) is 47.8 Å². The Morgan fingerprint density at radius 2 is 1.72 bits per heavy atom. The van der Waals surface area contributed by atoms with Gasteiger partial charge >= 0.3 is 5.69 Å². The van der Waals surface area contributed by atoms with Crippen molar-refractivity contribution in [2.45, 2.75) is 52.6 Å². The van der Waals surface area contributed by atoms with E-state index in [0.717, 1.165) is 42.9 Å². The van der Waals surface area contributed by atoms with Gasteiger partial charge in [-0.15, -0.1) is 0 Å². The van der Waals surface area contributed by atoms with Gasteiger partial charge in [0, 0.05) is 73.2 Å². The van der Waals surface area contributed by atoms with E-state index >= 15 is 0 Å². The van der Waals surface area contributed by atoms with Crippen molar-refractivity contribution in [2.75, 3.05) is 13.1 Å². The number of imidazole rings is 1. The van der Waals surface area contributed by atoms with E-state index in [2.05, 4.69) is 23.7 Å². The maximum Gasteiger partial charge on any atom is 0.332 e. The highest BCUT2D eigenvalue weighted by Gasteiger charge is 2.26. The second-order valence-corrected chi connectivity index (χ2v) is 11.0. The highest BCUT2D eigenvalue weighted by molar-refractivity contribution is 6.32. The van der Waals surface area contributed by atoms with Crippen molar-refractivity contribution in [1.82, 2.24) is 23.6 Å². The average molecular weight is 548 g/mol. The minimum absolute atomic E-state index is 0.0178. The predicted molar refractivity (Wildman–Crippen MR) is 155 cm³/mol. The summed E-state index contributed by atoms with van der Waals surface area (Å²) >= 11 is 6.62. The summed E-state index contributed by atoms with van der Waals surface area (Å²) in [4.78, 5) is 32.6. The van der Waals surface area contributed by atoms with E-state index in [1.54, 1.807) is 43.7 Å². The number of benzene rings is 1. The van der Waals surface area contributed by atoms with Crippen molar-refractivity contribution >= 4 is 11.6 Å². The first kappa shape index (κ1) is 27.0. The number of rotatable bonds is 5. The smallest absolute Gasteiger partial charge is 0.332 e. The van der Waals surface area contributed by atoms with Crippen molar-refractivity contribution in [3.05, 3.63) is 86.0 Å². The van der Waals surface area contributed by atoms with Crippen molar-refractivity contribution in [2.24, 2.45) is 7.05 Å². The third-order valence-electron chi connectivity index (χ3n) is 7.82. The highest BCUT2D eigenvalue weighted by Crippen LogP contribution is 2.40. The minimum atomic E-state index is -0.199. The molecule has 1 aromatic carbocycles. The molecule has 0 spiro atoms. The lowest BCUT2D eigenvalue weighted by atomic mass is 9.98. The molecule has 9 heteroatoms. The molecule has 3 aromatic heterocycles. The molecule has 4 aromatic rings. The van der Waals surface area contributed by atoms with E-state index < -0.39 is 0 Å². The number of aromatic hydroxyl groups is 1. The second-order valence-electron chi connectivity index (χ2n) is 10.6. The number of pyridine rings is 2. The van der Waals surface area contributed by atoms with Crippen LogP contribution in [0.15, 0.2) is 58.4 Å². The van der Waals surface area contributed by atoms with Crippen molar-refractivity contribution < 1.29 is 5.11 Å².